The van der Waals surface area contributed by atoms with Crippen LogP contribution in [-0.4, -0.2) is 29.1 Å². The number of hydrogen-bond acceptors (Lipinski definition) is 3. The monoisotopic (exact) mass is 324 g/mol. The molecule has 1 saturated heterocycles. The third-order valence-electron chi connectivity index (χ3n) is 4.69. The Bertz CT molecular complexity index is 723. The van der Waals surface area contributed by atoms with Crippen LogP contribution in [-0.2, 0) is 6.42 Å². The molecule has 24 heavy (non-hydrogen) atoms. The van der Waals surface area contributed by atoms with E-state index in [4.69, 9.17) is 5.26 Å². The van der Waals surface area contributed by atoms with Crippen molar-refractivity contribution in [3.63, 3.8) is 0 Å². The van der Waals surface area contributed by atoms with Gasteiger partial charge in [-0.15, -0.1) is 0 Å². The van der Waals surface area contributed by atoms with E-state index in [1.54, 1.807) is 36.4 Å². The molecule has 3 rings (SSSR count). The van der Waals surface area contributed by atoms with Crippen LogP contribution in [0.4, 0.5) is 4.39 Å². The molecule has 4 heteroatoms. The average molecular weight is 324 g/mol. The lowest BCUT2D eigenvalue weighted by atomic mass is 10.0. The van der Waals surface area contributed by atoms with Crippen LogP contribution >= 0.6 is 0 Å². The highest BCUT2D eigenvalue weighted by molar-refractivity contribution is 5.32. The zero-order valence-corrected chi connectivity index (χ0v) is 13.5. The molecule has 0 amide bonds. The summed E-state index contributed by atoms with van der Waals surface area (Å²) in [6.07, 6.45) is 2.39. The molecule has 0 bridgehead atoms. The maximum atomic E-state index is 13.4. The third kappa shape index (κ3) is 4.00. The highest BCUT2D eigenvalue weighted by Gasteiger charge is 2.26. The van der Waals surface area contributed by atoms with Crippen LogP contribution in [0.1, 0.15) is 35.6 Å². The Hall–Kier alpha value is -2.22. The second-order valence-electron chi connectivity index (χ2n) is 6.37. The van der Waals surface area contributed by atoms with Crippen molar-refractivity contribution in [2.24, 2.45) is 0 Å². The number of β-amino-alcohol motifs (C(OH)–C–C–N with tert-alkyl or cyclic N) is 1. The van der Waals surface area contributed by atoms with Crippen LogP contribution in [0.5, 0.6) is 0 Å². The molecule has 1 heterocycles. The Morgan fingerprint density at radius 3 is 2.75 bits per heavy atom. The van der Waals surface area contributed by atoms with Gasteiger partial charge in [0.2, 0.25) is 0 Å². The largest absolute Gasteiger partial charge is 0.387 e. The second-order valence-corrected chi connectivity index (χ2v) is 6.37. The van der Waals surface area contributed by atoms with Gasteiger partial charge in [0.05, 0.1) is 17.7 Å². The SMILES string of the molecule is N#Cc1ccc(C(O)CN2CCCC2Cc2cccc(F)c2)cc1. The first kappa shape index (κ1) is 16.6. The van der Waals surface area contributed by atoms with Gasteiger partial charge in [0, 0.05) is 12.6 Å². The summed E-state index contributed by atoms with van der Waals surface area (Å²) >= 11 is 0. The molecule has 0 saturated carbocycles. The summed E-state index contributed by atoms with van der Waals surface area (Å²) in [4.78, 5) is 2.29. The Labute approximate surface area is 142 Å². The molecule has 1 fully saturated rings. The predicted molar refractivity (Wildman–Crippen MR) is 90.8 cm³/mol. The summed E-state index contributed by atoms with van der Waals surface area (Å²) in [5, 5.41) is 19.3. The van der Waals surface area contributed by atoms with E-state index >= 15 is 0 Å². The Kier molecular flexibility index (Phi) is 5.24. The molecule has 1 aliphatic rings. The van der Waals surface area contributed by atoms with Crippen molar-refractivity contribution in [3.8, 4) is 6.07 Å². The second kappa shape index (κ2) is 7.57. The molecule has 0 radical (unpaired) electrons. The van der Waals surface area contributed by atoms with Gasteiger partial charge in [0.15, 0.2) is 0 Å². The number of halogens is 1. The number of aliphatic hydroxyl groups excluding tert-OH is 1. The minimum Gasteiger partial charge on any atom is -0.387 e. The molecule has 1 aliphatic heterocycles. The number of hydrogen-bond donors (Lipinski definition) is 1. The molecule has 124 valence electrons. The van der Waals surface area contributed by atoms with E-state index in [1.165, 1.54) is 6.07 Å². The number of likely N-dealkylation sites (tertiary alicyclic amines) is 1. The van der Waals surface area contributed by atoms with Crippen LogP contribution in [0.15, 0.2) is 48.5 Å². The summed E-state index contributed by atoms with van der Waals surface area (Å²) in [5.41, 5.74) is 2.42. The number of benzene rings is 2. The quantitative estimate of drug-likeness (QED) is 0.916. The molecule has 2 aromatic rings. The molecule has 3 nitrogen and oxygen atoms in total. The van der Waals surface area contributed by atoms with Gasteiger partial charge in [-0.3, -0.25) is 4.90 Å². The summed E-state index contributed by atoms with van der Waals surface area (Å²) in [6.45, 7) is 1.51. The molecule has 0 aliphatic carbocycles. The van der Waals surface area contributed by atoms with Gasteiger partial charge in [-0.05, 0) is 61.2 Å². The van der Waals surface area contributed by atoms with Gasteiger partial charge in [-0.1, -0.05) is 24.3 Å². The molecule has 0 spiro atoms. The van der Waals surface area contributed by atoms with E-state index in [0.29, 0.717) is 18.2 Å². The summed E-state index contributed by atoms with van der Waals surface area (Å²) in [7, 11) is 0. The minimum atomic E-state index is -0.578. The van der Waals surface area contributed by atoms with Gasteiger partial charge >= 0.3 is 0 Å². The number of nitriles is 1. The zero-order chi connectivity index (χ0) is 16.9. The summed E-state index contributed by atoms with van der Waals surface area (Å²) < 4.78 is 13.4. The van der Waals surface area contributed by atoms with Crippen LogP contribution in [0.2, 0.25) is 0 Å². The molecule has 1 N–H and O–H groups in total. The van der Waals surface area contributed by atoms with Crippen molar-refractivity contribution in [2.75, 3.05) is 13.1 Å². The van der Waals surface area contributed by atoms with Crippen molar-refractivity contribution in [1.29, 1.82) is 5.26 Å². The third-order valence-corrected chi connectivity index (χ3v) is 4.69. The minimum absolute atomic E-state index is 0.199. The first-order chi connectivity index (χ1) is 11.7. The smallest absolute Gasteiger partial charge is 0.123 e. The number of aliphatic hydroxyl groups is 1. The predicted octanol–water partition coefficient (Wildman–Crippen LogP) is 3.44. The van der Waals surface area contributed by atoms with Crippen LogP contribution < -0.4 is 0 Å². The normalized spacial score (nSPS) is 19.1. The fraction of sp³-hybridized carbons (Fsp3) is 0.350. The average Bonchev–Trinajstić information content (AvgIpc) is 3.01. The highest BCUT2D eigenvalue weighted by atomic mass is 19.1. The van der Waals surface area contributed by atoms with Gasteiger partial charge in [-0.25, -0.2) is 4.39 Å². The van der Waals surface area contributed by atoms with Crippen molar-refractivity contribution < 1.29 is 9.50 Å². The topological polar surface area (TPSA) is 47.3 Å². The molecular weight excluding hydrogens is 303 g/mol. The van der Waals surface area contributed by atoms with Gasteiger partial charge in [0.1, 0.15) is 5.82 Å². The van der Waals surface area contributed by atoms with E-state index in [-0.39, 0.29) is 5.82 Å². The molecular formula is C20H21FN2O. The van der Waals surface area contributed by atoms with E-state index in [9.17, 15) is 9.50 Å². The molecule has 2 aromatic carbocycles. The van der Waals surface area contributed by atoms with E-state index < -0.39 is 6.10 Å². The maximum absolute atomic E-state index is 13.4. The standard InChI is InChI=1S/C20H21FN2O/c21-18-4-1-3-16(11-18)12-19-5-2-10-23(19)14-20(24)17-8-6-15(13-22)7-9-17/h1,3-4,6-9,11,19-20,24H,2,5,10,12,14H2. The number of rotatable bonds is 5. The van der Waals surface area contributed by atoms with Crippen molar-refractivity contribution in [3.05, 3.63) is 71.0 Å². The molecule has 2 unspecified atom stereocenters. The molecule has 2 atom stereocenters. The van der Waals surface area contributed by atoms with Crippen LogP contribution in [0.3, 0.4) is 0 Å². The Morgan fingerprint density at radius 2 is 2.04 bits per heavy atom. The van der Waals surface area contributed by atoms with Crippen molar-refractivity contribution in [2.45, 2.75) is 31.4 Å². The maximum Gasteiger partial charge on any atom is 0.123 e. The Morgan fingerprint density at radius 1 is 1.25 bits per heavy atom. The van der Waals surface area contributed by atoms with Crippen molar-refractivity contribution >= 4 is 0 Å². The fourth-order valence-corrected chi connectivity index (χ4v) is 3.41. The zero-order valence-electron chi connectivity index (χ0n) is 13.5. The van der Waals surface area contributed by atoms with Crippen LogP contribution in [0.25, 0.3) is 0 Å². The van der Waals surface area contributed by atoms with E-state index in [2.05, 4.69) is 11.0 Å². The number of nitrogens with zero attached hydrogens (tertiary/aromatic N) is 2. The van der Waals surface area contributed by atoms with E-state index in [1.807, 2.05) is 6.07 Å². The molecule has 0 aromatic heterocycles. The highest BCUT2D eigenvalue weighted by Crippen LogP contribution is 2.25. The fourth-order valence-electron chi connectivity index (χ4n) is 3.41. The lowest BCUT2D eigenvalue weighted by Gasteiger charge is -2.27. The first-order valence-corrected chi connectivity index (χ1v) is 8.32. The summed E-state index contributed by atoms with van der Waals surface area (Å²) in [5.74, 6) is -0.199. The van der Waals surface area contributed by atoms with Crippen LogP contribution in [0, 0.1) is 17.1 Å². The van der Waals surface area contributed by atoms with Gasteiger partial charge in [-0.2, -0.15) is 5.26 Å². The van der Waals surface area contributed by atoms with Gasteiger partial charge in [0.25, 0.3) is 0 Å². The first-order valence-electron chi connectivity index (χ1n) is 8.32. The van der Waals surface area contributed by atoms with E-state index in [0.717, 1.165) is 36.9 Å². The lowest BCUT2D eigenvalue weighted by molar-refractivity contribution is 0.106. The Balaban J connectivity index is 1.63. The van der Waals surface area contributed by atoms with Crippen molar-refractivity contribution in [1.82, 2.24) is 4.90 Å². The lowest BCUT2D eigenvalue weighted by Crippen LogP contribution is -2.34. The summed E-state index contributed by atoms with van der Waals surface area (Å²) in [6, 6.07) is 16.2. The van der Waals surface area contributed by atoms with Gasteiger partial charge < -0.3 is 5.11 Å².